The van der Waals surface area contributed by atoms with Gasteiger partial charge in [0.2, 0.25) is 12.0 Å². The largest absolute Gasteiger partial charge is 0.490 e. The van der Waals surface area contributed by atoms with E-state index < -0.39 is 29.7 Å². The van der Waals surface area contributed by atoms with E-state index in [9.17, 15) is 14.0 Å². The lowest BCUT2D eigenvalue weighted by Crippen LogP contribution is -2.33. The number of rotatable bonds is 5. The molecule has 27 heavy (non-hydrogen) atoms. The molecule has 2 aliphatic heterocycles. The van der Waals surface area contributed by atoms with Crippen LogP contribution in [0.1, 0.15) is 5.56 Å². The number of hydrogen-bond donors (Lipinski definition) is 0. The van der Waals surface area contributed by atoms with Gasteiger partial charge in [-0.1, -0.05) is 17.8 Å². The van der Waals surface area contributed by atoms with E-state index in [0.717, 1.165) is 4.90 Å². The fourth-order valence-corrected chi connectivity index (χ4v) is 3.14. The first-order valence-electron chi connectivity index (χ1n) is 8.31. The van der Waals surface area contributed by atoms with Gasteiger partial charge in [-0.25, -0.2) is 9.29 Å². The summed E-state index contributed by atoms with van der Waals surface area (Å²) in [6.45, 7) is 3.97. The number of fused-ring (bicyclic) bond motifs is 1. The third kappa shape index (κ3) is 2.87. The van der Waals surface area contributed by atoms with Gasteiger partial charge in [-0.05, 0) is 48.5 Å². The Bertz CT molecular complexity index is 937. The highest BCUT2D eigenvalue weighted by Gasteiger charge is 2.56. The molecule has 0 spiro atoms. The number of oxime groups is 1. The number of carbonyl (C=O) groups is 2. The second-order valence-corrected chi connectivity index (χ2v) is 6.09. The number of benzene rings is 2. The third-order valence-corrected chi connectivity index (χ3v) is 4.41. The summed E-state index contributed by atoms with van der Waals surface area (Å²) in [5, 5.41) is 3.96. The van der Waals surface area contributed by atoms with Crippen LogP contribution in [-0.2, 0) is 14.4 Å². The fourth-order valence-electron chi connectivity index (χ4n) is 3.14. The number of hydrogen-bond acceptors (Lipinski definition) is 5. The minimum atomic E-state index is -1.01. The van der Waals surface area contributed by atoms with Gasteiger partial charge in [0, 0.05) is 5.56 Å². The summed E-state index contributed by atoms with van der Waals surface area (Å²) >= 11 is 0. The highest BCUT2D eigenvalue weighted by molar-refractivity contribution is 6.32. The van der Waals surface area contributed by atoms with Crippen molar-refractivity contribution in [3.05, 3.63) is 72.6 Å². The van der Waals surface area contributed by atoms with E-state index in [-0.39, 0.29) is 0 Å². The Hall–Kier alpha value is -3.48. The molecular weight excluding hydrogens is 351 g/mol. The second kappa shape index (κ2) is 6.68. The molecule has 0 bridgehead atoms. The van der Waals surface area contributed by atoms with Crippen molar-refractivity contribution < 1.29 is 23.6 Å². The maximum atomic E-state index is 13.1. The molecule has 1 fully saturated rings. The zero-order chi connectivity index (χ0) is 19.0. The molecule has 0 radical (unpaired) electrons. The average Bonchev–Trinajstić information content (AvgIpc) is 3.22. The molecule has 2 aromatic rings. The van der Waals surface area contributed by atoms with Gasteiger partial charge in [0.15, 0.2) is 0 Å². The summed E-state index contributed by atoms with van der Waals surface area (Å²) in [7, 11) is 0. The van der Waals surface area contributed by atoms with Crippen LogP contribution in [0.5, 0.6) is 5.75 Å². The fraction of sp³-hybridized carbons (Fsp3) is 0.150. The molecule has 0 saturated carbocycles. The first-order chi connectivity index (χ1) is 13.1. The molecule has 0 unspecified atom stereocenters. The summed E-state index contributed by atoms with van der Waals surface area (Å²) < 4.78 is 18.6. The Morgan fingerprint density at radius 3 is 2.48 bits per heavy atom. The molecule has 2 heterocycles. The Morgan fingerprint density at radius 1 is 1.11 bits per heavy atom. The number of halogens is 1. The Balaban J connectivity index is 1.60. The molecule has 7 heteroatoms. The Kier molecular flexibility index (Phi) is 4.19. The number of imide groups is 1. The van der Waals surface area contributed by atoms with Crippen LogP contribution in [0, 0.1) is 11.7 Å². The van der Waals surface area contributed by atoms with Crippen LogP contribution in [0.15, 0.2) is 66.3 Å². The van der Waals surface area contributed by atoms with Crippen molar-refractivity contribution in [3.63, 3.8) is 0 Å². The van der Waals surface area contributed by atoms with Crippen LogP contribution < -0.4 is 9.64 Å². The molecule has 2 amide bonds. The standard InChI is InChI=1S/C20H15FN2O4/c1-2-11-26-15-9-3-12(4-10-15)17-16-18(27-22-17)20(25)23(19(16)24)14-7-5-13(21)6-8-14/h2-10,16,18H,1,11H2/t16-,18+/m0/s1. The normalized spacial score (nSPS) is 20.9. The van der Waals surface area contributed by atoms with Crippen molar-refractivity contribution in [3.8, 4) is 5.75 Å². The maximum Gasteiger partial charge on any atom is 0.278 e. The lowest BCUT2D eigenvalue weighted by molar-refractivity contribution is -0.126. The summed E-state index contributed by atoms with van der Waals surface area (Å²) in [6.07, 6.45) is 0.634. The number of anilines is 1. The molecule has 136 valence electrons. The maximum absolute atomic E-state index is 13.1. The van der Waals surface area contributed by atoms with Gasteiger partial charge in [0.25, 0.3) is 5.91 Å². The van der Waals surface area contributed by atoms with E-state index in [0.29, 0.717) is 29.3 Å². The molecule has 6 nitrogen and oxygen atoms in total. The molecular formula is C20H15FN2O4. The molecule has 4 rings (SSSR count). The SMILES string of the molecule is C=CCOc1ccc(C2=NO[C@H]3C(=O)N(c4ccc(F)cc4)C(=O)[C@@H]23)cc1. The van der Waals surface area contributed by atoms with E-state index in [1.54, 1.807) is 30.3 Å². The second-order valence-electron chi connectivity index (χ2n) is 6.09. The van der Waals surface area contributed by atoms with Crippen molar-refractivity contribution >= 4 is 23.2 Å². The van der Waals surface area contributed by atoms with Gasteiger partial charge in [-0.15, -0.1) is 0 Å². The lowest BCUT2D eigenvalue weighted by atomic mass is 9.94. The quantitative estimate of drug-likeness (QED) is 0.603. The molecule has 2 atom stereocenters. The van der Waals surface area contributed by atoms with Gasteiger partial charge in [-0.3, -0.25) is 9.59 Å². The number of ether oxygens (including phenoxy) is 1. The first-order valence-corrected chi connectivity index (χ1v) is 8.31. The van der Waals surface area contributed by atoms with E-state index >= 15 is 0 Å². The predicted octanol–water partition coefficient (Wildman–Crippen LogP) is 2.68. The molecule has 2 aromatic carbocycles. The van der Waals surface area contributed by atoms with Crippen molar-refractivity contribution in [2.24, 2.45) is 11.1 Å². The minimum Gasteiger partial charge on any atom is -0.490 e. The van der Waals surface area contributed by atoms with Gasteiger partial charge in [0.05, 0.1) is 5.69 Å². The van der Waals surface area contributed by atoms with Crippen LogP contribution >= 0.6 is 0 Å². The van der Waals surface area contributed by atoms with Crippen molar-refractivity contribution in [2.45, 2.75) is 6.10 Å². The highest BCUT2D eigenvalue weighted by atomic mass is 19.1. The molecule has 0 aliphatic carbocycles. The summed E-state index contributed by atoms with van der Waals surface area (Å²) in [4.78, 5) is 31.8. The van der Waals surface area contributed by atoms with E-state index in [4.69, 9.17) is 9.57 Å². The van der Waals surface area contributed by atoms with Crippen molar-refractivity contribution in [2.75, 3.05) is 11.5 Å². The topological polar surface area (TPSA) is 68.2 Å². The Labute approximate surface area is 154 Å². The highest BCUT2D eigenvalue weighted by Crippen LogP contribution is 2.35. The molecule has 1 saturated heterocycles. The predicted molar refractivity (Wildman–Crippen MR) is 95.9 cm³/mol. The number of nitrogens with zero attached hydrogens (tertiary/aromatic N) is 2. The average molecular weight is 366 g/mol. The lowest BCUT2D eigenvalue weighted by Gasteiger charge is -2.15. The van der Waals surface area contributed by atoms with E-state index in [1.165, 1.54) is 24.3 Å². The zero-order valence-corrected chi connectivity index (χ0v) is 14.2. The summed E-state index contributed by atoms with van der Waals surface area (Å²) in [6, 6.07) is 12.1. The third-order valence-electron chi connectivity index (χ3n) is 4.41. The van der Waals surface area contributed by atoms with Crippen LogP contribution in [0.3, 0.4) is 0 Å². The van der Waals surface area contributed by atoms with E-state index in [1.807, 2.05) is 0 Å². The number of amides is 2. The minimum absolute atomic E-state index is 0.303. The molecule has 0 aromatic heterocycles. The van der Waals surface area contributed by atoms with Crippen LogP contribution in [0.2, 0.25) is 0 Å². The van der Waals surface area contributed by atoms with Gasteiger partial charge >= 0.3 is 0 Å². The van der Waals surface area contributed by atoms with Crippen LogP contribution in [-0.4, -0.2) is 30.2 Å². The van der Waals surface area contributed by atoms with Crippen molar-refractivity contribution in [1.29, 1.82) is 0 Å². The molecule has 0 N–H and O–H groups in total. The molecule has 2 aliphatic rings. The smallest absolute Gasteiger partial charge is 0.278 e. The first kappa shape index (κ1) is 17.0. The van der Waals surface area contributed by atoms with Gasteiger partial charge in [-0.2, -0.15) is 0 Å². The van der Waals surface area contributed by atoms with Crippen molar-refractivity contribution in [1.82, 2.24) is 0 Å². The zero-order valence-electron chi connectivity index (χ0n) is 14.2. The Morgan fingerprint density at radius 2 is 1.81 bits per heavy atom. The van der Waals surface area contributed by atoms with Gasteiger partial charge in [0.1, 0.15) is 29.8 Å². The monoisotopic (exact) mass is 366 g/mol. The number of carbonyl (C=O) groups excluding carboxylic acids is 2. The summed E-state index contributed by atoms with van der Waals surface area (Å²) in [5.74, 6) is -1.59. The van der Waals surface area contributed by atoms with Crippen LogP contribution in [0.4, 0.5) is 10.1 Å². The van der Waals surface area contributed by atoms with Gasteiger partial charge < -0.3 is 9.57 Å². The summed E-state index contributed by atoms with van der Waals surface area (Å²) in [5.41, 5.74) is 1.35. The van der Waals surface area contributed by atoms with Crippen LogP contribution in [0.25, 0.3) is 0 Å². The van der Waals surface area contributed by atoms with E-state index in [2.05, 4.69) is 11.7 Å².